The number of amides is 2. The van der Waals surface area contributed by atoms with Crippen LogP contribution in [0.4, 0.5) is 5.82 Å². The van der Waals surface area contributed by atoms with E-state index in [0.717, 1.165) is 25.3 Å². The highest BCUT2D eigenvalue weighted by molar-refractivity contribution is 5.98. The minimum absolute atomic E-state index is 0.0717. The molecule has 1 fully saturated rings. The lowest BCUT2D eigenvalue weighted by Crippen LogP contribution is -2.49. The fourth-order valence-corrected chi connectivity index (χ4v) is 2.88. The summed E-state index contributed by atoms with van der Waals surface area (Å²) >= 11 is 0. The molecule has 0 aliphatic carbocycles. The number of anilines is 1. The molecule has 0 aromatic carbocycles. The Labute approximate surface area is 153 Å². The predicted molar refractivity (Wildman–Crippen MR) is 99.2 cm³/mol. The van der Waals surface area contributed by atoms with E-state index in [0.29, 0.717) is 25.2 Å². The predicted octanol–water partition coefficient (Wildman–Crippen LogP) is 1.58. The van der Waals surface area contributed by atoms with E-state index in [-0.39, 0.29) is 17.5 Å². The molecule has 3 heterocycles. The van der Waals surface area contributed by atoms with Gasteiger partial charge >= 0.3 is 0 Å². The van der Waals surface area contributed by atoms with Crippen LogP contribution in [0, 0.1) is 0 Å². The van der Waals surface area contributed by atoms with E-state index < -0.39 is 0 Å². The van der Waals surface area contributed by atoms with Crippen molar-refractivity contribution in [1.29, 1.82) is 0 Å². The molecule has 136 valence electrons. The Morgan fingerprint density at radius 3 is 2.58 bits per heavy atom. The van der Waals surface area contributed by atoms with Gasteiger partial charge in [0.25, 0.3) is 11.8 Å². The first-order valence-corrected chi connectivity index (χ1v) is 8.88. The Kier molecular flexibility index (Phi) is 5.78. The monoisotopic (exact) mass is 353 g/mol. The molecule has 26 heavy (non-hydrogen) atoms. The molecule has 7 heteroatoms. The quantitative estimate of drug-likeness (QED) is 0.883. The lowest BCUT2D eigenvalue weighted by molar-refractivity contribution is 0.0746. The van der Waals surface area contributed by atoms with E-state index in [2.05, 4.69) is 20.2 Å². The zero-order chi connectivity index (χ0) is 18.4. The molecule has 0 atom stereocenters. The van der Waals surface area contributed by atoms with E-state index in [4.69, 9.17) is 0 Å². The number of carbonyl (C=O) groups excluding carboxylic acids is 2. The van der Waals surface area contributed by atoms with Crippen molar-refractivity contribution in [2.75, 3.05) is 37.6 Å². The number of aromatic nitrogens is 2. The summed E-state index contributed by atoms with van der Waals surface area (Å²) in [7, 11) is 0. The summed E-state index contributed by atoms with van der Waals surface area (Å²) < 4.78 is 0. The number of hydrogen-bond acceptors (Lipinski definition) is 5. The number of nitrogens with zero attached hydrogens (tertiary/aromatic N) is 4. The van der Waals surface area contributed by atoms with E-state index in [1.165, 1.54) is 6.20 Å². The fraction of sp³-hybridized carbons (Fsp3) is 0.368. The molecule has 0 bridgehead atoms. The zero-order valence-electron chi connectivity index (χ0n) is 14.9. The highest BCUT2D eigenvalue weighted by atomic mass is 16.2. The largest absolute Gasteiger partial charge is 0.353 e. The first kappa shape index (κ1) is 17.8. The summed E-state index contributed by atoms with van der Waals surface area (Å²) in [4.78, 5) is 37.2. The molecule has 1 saturated heterocycles. The van der Waals surface area contributed by atoms with Crippen LogP contribution in [0.1, 0.15) is 34.2 Å². The third-order valence-electron chi connectivity index (χ3n) is 4.32. The topological polar surface area (TPSA) is 78.4 Å². The fourth-order valence-electron chi connectivity index (χ4n) is 2.88. The summed E-state index contributed by atoms with van der Waals surface area (Å²) in [6.07, 6.45) is 4.14. The Hall–Kier alpha value is -2.96. The number of rotatable bonds is 5. The molecule has 2 aromatic heterocycles. The van der Waals surface area contributed by atoms with Crippen molar-refractivity contribution in [3.8, 4) is 0 Å². The van der Waals surface area contributed by atoms with Gasteiger partial charge in [0, 0.05) is 50.7 Å². The Balaban J connectivity index is 1.62. The third kappa shape index (κ3) is 4.17. The summed E-state index contributed by atoms with van der Waals surface area (Å²) in [6, 6.07) is 9.05. The molecule has 2 amide bonds. The molecule has 0 saturated carbocycles. The molecule has 1 aliphatic heterocycles. The van der Waals surface area contributed by atoms with E-state index >= 15 is 0 Å². The van der Waals surface area contributed by atoms with Crippen molar-refractivity contribution < 1.29 is 9.59 Å². The van der Waals surface area contributed by atoms with Crippen LogP contribution >= 0.6 is 0 Å². The molecule has 1 aliphatic rings. The first-order valence-electron chi connectivity index (χ1n) is 8.88. The van der Waals surface area contributed by atoms with Gasteiger partial charge in [0.05, 0.1) is 0 Å². The van der Waals surface area contributed by atoms with Crippen LogP contribution in [-0.4, -0.2) is 59.4 Å². The standard InChI is InChI=1S/C19H23N5O2/c1-2-7-22-18(25)16-14-15(6-9-20-16)19(26)24-12-10-23(11-13-24)17-5-3-4-8-21-17/h3-6,8-9,14H,2,7,10-13H2,1H3,(H,22,25). The van der Waals surface area contributed by atoms with Crippen molar-refractivity contribution in [2.24, 2.45) is 0 Å². The second kappa shape index (κ2) is 8.42. The molecule has 2 aromatic rings. The number of nitrogens with one attached hydrogen (secondary N) is 1. The first-order chi connectivity index (χ1) is 12.7. The molecule has 0 radical (unpaired) electrons. The van der Waals surface area contributed by atoms with Gasteiger partial charge in [0.1, 0.15) is 11.5 Å². The van der Waals surface area contributed by atoms with E-state index in [9.17, 15) is 9.59 Å². The average Bonchev–Trinajstić information content (AvgIpc) is 2.72. The van der Waals surface area contributed by atoms with Crippen LogP contribution < -0.4 is 10.2 Å². The average molecular weight is 353 g/mol. The second-order valence-corrected chi connectivity index (χ2v) is 6.15. The molecule has 7 nitrogen and oxygen atoms in total. The van der Waals surface area contributed by atoms with Gasteiger partial charge in [-0.1, -0.05) is 13.0 Å². The lowest BCUT2D eigenvalue weighted by Gasteiger charge is -2.35. The van der Waals surface area contributed by atoms with Crippen molar-refractivity contribution in [3.63, 3.8) is 0 Å². The molecule has 0 unspecified atom stereocenters. The molecular formula is C19H23N5O2. The third-order valence-corrected chi connectivity index (χ3v) is 4.32. The highest BCUT2D eigenvalue weighted by Gasteiger charge is 2.23. The van der Waals surface area contributed by atoms with Crippen LogP contribution in [-0.2, 0) is 0 Å². The van der Waals surface area contributed by atoms with E-state index in [1.807, 2.05) is 30.0 Å². The molecular weight excluding hydrogens is 330 g/mol. The maximum atomic E-state index is 12.8. The Morgan fingerprint density at radius 1 is 1.08 bits per heavy atom. The number of carbonyl (C=O) groups is 2. The van der Waals surface area contributed by atoms with Crippen LogP contribution in [0.3, 0.4) is 0 Å². The maximum absolute atomic E-state index is 12.8. The van der Waals surface area contributed by atoms with Crippen LogP contribution in [0.15, 0.2) is 42.7 Å². The number of pyridine rings is 2. The Morgan fingerprint density at radius 2 is 1.88 bits per heavy atom. The van der Waals surface area contributed by atoms with Gasteiger partial charge in [0.15, 0.2) is 0 Å². The van der Waals surface area contributed by atoms with Gasteiger partial charge in [-0.05, 0) is 30.7 Å². The van der Waals surface area contributed by atoms with Gasteiger partial charge in [0.2, 0.25) is 0 Å². The van der Waals surface area contributed by atoms with Crippen molar-refractivity contribution in [2.45, 2.75) is 13.3 Å². The lowest BCUT2D eigenvalue weighted by atomic mass is 10.1. The van der Waals surface area contributed by atoms with Crippen molar-refractivity contribution in [1.82, 2.24) is 20.2 Å². The van der Waals surface area contributed by atoms with Gasteiger partial charge in [-0.25, -0.2) is 4.98 Å². The minimum atomic E-state index is -0.249. The van der Waals surface area contributed by atoms with E-state index in [1.54, 1.807) is 18.3 Å². The molecule has 0 spiro atoms. The Bertz CT molecular complexity index is 758. The summed E-state index contributed by atoms with van der Waals surface area (Å²) in [5.74, 6) is 0.609. The molecule has 3 rings (SSSR count). The normalized spacial score (nSPS) is 14.2. The van der Waals surface area contributed by atoms with Crippen LogP contribution in [0.2, 0.25) is 0 Å². The number of piperazine rings is 1. The number of hydrogen-bond donors (Lipinski definition) is 1. The summed E-state index contributed by atoms with van der Waals surface area (Å²) in [5.41, 5.74) is 0.768. The van der Waals surface area contributed by atoms with Gasteiger partial charge < -0.3 is 15.1 Å². The SMILES string of the molecule is CCCNC(=O)c1cc(C(=O)N2CCN(c3ccccn3)CC2)ccn1. The second-order valence-electron chi connectivity index (χ2n) is 6.15. The zero-order valence-corrected chi connectivity index (χ0v) is 14.9. The van der Waals surface area contributed by atoms with Crippen LogP contribution in [0.25, 0.3) is 0 Å². The maximum Gasteiger partial charge on any atom is 0.269 e. The smallest absolute Gasteiger partial charge is 0.269 e. The van der Waals surface area contributed by atoms with Gasteiger partial charge in [-0.3, -0.25) is 14.6 Å². The van der Waals surface area contributed by atoms with Crippen LogP contribution in [0.5, 0.6) is 0 Å². The van der Waals surface area contributed by atoms with Gasteiger partial charge in [-0.2, -0.15) is 0 Å². The minimum Gasteiger partial charge on any atom is -0.353 e. The highest BCUT2D eigenvalue weighted by Crippen LogP contribution is 2.14. The summed E-state index contributed by atoms with van der Waals surface area (Å²) in [5, 5.41) is 2.78. The van der Waals surface area contributed by atoms with Gasteiger partial charge in [-0.15, -0.1) is 0 Å². The van der Waals surface area contributed by atoms with Crippen molar-refractivity contribution in [3.05, 3.63) is 54.0 Å². The summed E-state index contributed by atoms with van der Waals surface area (Å²) in [6.45, 7) is 5.28. The van der Waals surface area contributed by atoms with Crippen molar-refractivity contribution >= 4 is 17.6 Å². The molecule has 1 N–H and O–H groups in total.